The average molecular weight is 301 g/mol. The lowest BCUT2D eigenvalue weighted by atomic mass is 10.1. The zero-order valence-corrected chi connectivity index (χ0v) is 12.9. The summed E-state index contributed by atoms with van der Waals surface area (Å²) in [6, 6.07) is 8.74. The lowest BCUT2D eigenvalue weighted by molar-refractivity contribution is -0.131. The van der Waals surface area contributed by atoms with Crippen molar-refractivity contribution in [3.05, 3.63) is 46.5 Å². The van der Waals surface area contributed by atoms with Gasteiger partial charge in [-0.15, -0.1) is 11.3 Å². The van der Waals surface area contributed by atoms with Crippen LogP contribution in [0.2, 0.25) is 0 Å². The predicted molar refractivity (Wildman–Crippen MR) is 85.0 cm³/mol. The molecule has 1 aromatic carbocycles. The van der Waals surface area contributed by atoms with Crippen molar-refractivity contribution in [3.63, 3.8) is 0 Å². The zero-order chi connectivity index (χ0) is 14.8. The minimum atomic E-state index is 0.143. The molecule has 110 valence electrons. The van der Waals surface area contributed by atoms with Gasteiger partial charge in [-0.2, -0.15) is 0 Å². The minimum absolute atomic E-state index is 0.143. The fourth-order valence-corrected chi connectivity index (χ4v) is 3.04. The van der Waals surface area contributed by atoms with Crippen LogP contribution in [-0.4, -0.2) is 21.8 Å². The molecule has 1 aliphatic carbocycles. The molecule has 1 heterocycles. The molecule has 0 atom stereocenters. The minimum Gasteiger partial charge on any atom is -0.375 e. The summed E-state index contributed by atoms with van der Waals surface area (Å²) in [5.74, 6) is 0.143. The number of carbonyl (C=O) groups excluding carboxylic acids is 1. The van der Waals surface area contributed by atoms with E-state index in [1.807, 2.05) is 16.3 Å². The zero-order valence-electron chi connectivity index (χ0n) is 12.1. The molecular formula is C16H19N3OS. The number of hydrogen-bond donors (Lipinski definition) is 1. The fraction of sp³-hybridized carbons (Fsp3) is 0.375. The van der Waals surface area contributed by atoms with E-state index in [2.05, 4.69) is 30.1 Å². The summed E-state index contributed by atoms with van der Waals surface area (Å²) >= 11 is 1.38. The number of nitrogens with two attached hydrogens (primary N) is 1. The second kappa shape index (κ2) is 5.85. The first-order valence-electron chi connectivity index (χ1n) is 7.17. The van der Waals surface area contributed by atoms with Gasteiger partial charge in [0.1, 0.15) is 0 Å². The van der Waals surface area contributed by atoms with Crippen molar-refractivity contribution in [2.75, 3.05) is 5.73 Å². The maximum Gasteiger partial charge on any atom is 0.229 e. The Hall–Kier alpha value is -1.88. The molecular weight excluding hydrogens is 282 g/mol. The van der Waals surface area contributed by atoms with E-state index in [0.29, 0.717) is 24.1 Å². The first kappa shape index (κ1) is 14.1. The molecule has 1 aliphatic rings. The predicted octanol–water partition coefficient (Wildman–Crippen LogP) is 2.77. The first-order chi connectivity index (χ1) is 10.1. The van der Waals surface area contributed by atoms with Gasteiger partial charge in [0, 0.05) is 18.0 Å². The van der Waals surface area contributed by atoms with E-state index in [9.17, 15) is 4.79 Å². The molecule has 0 bridgehead atoms. The van der Waals surface area contributed by atoms with E-state index in [-0.39, 0.29) is 5.91 Å². The highest BCUT2D eigenvalue weighted by atomic mass is 32.1. The molecule has 0 aliphatic heterocycles. The van der Waals surface area contributed by atoms with Crippen LogP contribution in [0.3, 0.4) is 0 Å². The molecule has 0 spiro atoms. The van der Waals surface area contributed by atoms with E-state index in [1.165, 1.54) is 22.5 Å². The normalized spacial score (nSPS) is 14.1. The molecule has 5 heteroatoms. The van der Waals surface area contributed by atoms with Crippen molar-refractivity contribution in [2.24, 2.45) is 0 Å². The molecule has 1 amide bonds. The monoisotopic (exact) mass is 301 g/mol. The molecule has 1 aromatic heterocycles. The number of thiazole rings is 1. The number of aromatic nitrogens is 1. The summed E-state index contributed by atoms with van der Waals surface area (Å²) < 4.78 is 0. The van der Waals surface area contributed by atoms with Gasteiger partial charge in [0.25, 0.3) is 0 Å². The number of rotatable bonds is 5. The topological polar surface area (TPSA) is 59.2 Å². The van der Waals surface area contributed by atoms with Gasteiger partial charge in [-0.1, -0.05) is 29.8 Å². The van der Waals surface area contributed by atoms with E-state index >= 15 is 0 Å². The highest BCUT2D eigenvalue weighted by Crippen LogP contribution is 2.29. The van der Waals surface area contributed by atoms with Crippen molar-refractivity contribution in [1.82, 2.24) is 9.88 Å². The van der Waals surface area contributed by atoms with Crippen LogP contribution in [0.15, 0.2) is 29.6 Å². The standard InChI is InChI=1S/C16H19N3OS/c1-11-3-2-4-12(7-11)9-19(14-5-6-14)15(20)8-13-10-21-16(17)18-13/h2-4,7,10,14H,5-6,8-9H2,1H3,(H2,17,18). The average Bonchev–Trinajstić information content (AvgIpc) is 3.20. The number of hydrogen-bond acceptors (Lipinski definition) is 4. The first-order valence-corrected chi connectivity index (χ1v) is 8.04. The Labute approximate surface area is 128 Å². The summed E-state index contributed by atoms with van der Waals surface area (Å²) in [6.07, 6.45) is 2.56. The summed E-state index contributed by atoms with van der Waals surface area (Å²) in [6.45, 7) is 2.76. The number of amides is 1. The van der Waals surface area contributed by atoms with Gasteiger partial charge < -0.3 is 10.6 Å². The van der Waals surface area contributed by atoms with Crippen LogP contribution >= 0.6 is 11.3 Å². The summed E-state index contributed by atoms with van der Waals surface area (Å²) in [7, 11) is 0. The number of carbonyl (C=O) groups is 1. The number of nitrogens with zero attached hydrogens (tertiary/aromatic N) is 2. The Kier molecular flexibility index (Phi) is 3.92. The third-order valence-electron chi connectivity index (χ3n) is 3.65. The van der Waals surface area contributed by atoms with Crippen LogP contribution in [0, 0.1) is 6.92 Å². The Balaban J connectivity index is 1.70. The highest BCUT2D eigenvalue weighted by Gasteiger charge is 2.32. The van der Waals surface area contributed by atoms with Crippen LogP contribution in [0.5, 0.6) is 0 Å². The van der Waals surface area contributed by atoms with Crippen molar-refractivity contribution < 1.29 is 4.79 Å². The lowest BCUT2D eigenvalue weighted by Gasteiger charge is -2.22. The van der Waals surface area contributed by atoms with Crippen LogP contribution in [-0.2, 0) is 17.8 Å². The van der Waals surface area contributed by atoms with Gasteiger partial charge in [-0.05, 0) is 25.3 Å². The molecule has 2 N–H and O–H groups in total. The van der Waals surface area contributed by atoms with Gasteiger partial charge in [-0.3, -0.25) is 4.79 Å². The van der Waals surface area contributed by atoms with E-state index < -0.39 is 0 Å². The summed E-state index contributed by atoms with van der Waals surface area (Å²) in [5.41, 5.74) is 8.81. The molecule has 4 nitrogen and oxygen atoms in total. The van der Waals surface area contributed by atoms with Crippen LogP contribution in [0.25, 0.3) is 0 Å². The maximum absolute atomic E-state index is 12.5. The van der Waals surface area contributed by atoms with Gasteiger partial charge in [-0.25, -0.2) is 4.98 Å². The molecule has 3 rings (SSSR count). The third-order valence-corrected chi connectivity index (χ3v) is 4.37. The Morgan fingerprint density at radius 1 is 1.48 bits per heavy atom. The molecule has 1 fully saturated rings. The number of anilines is 1. The molecule has 1 saturated carbocycles. The largest absolute Gasteiger partial charge is 0.375 e. The Morgan fingerprint density at radius 2 is 2.29 bits per heavy atom. The van der Waals surface area contributed by atoms with Crippen molar-refractivity contribution >= 4 is 22.4 Å². The molecule has 2 aromatic rings. The molecule has 0 unspecified atom stereocenters. The van der Waals surface area contributed by atoms with Crippen LogP contribution < -0.4 is 5.73 Å². The van der Waals surface area contributed by atoms with Crippen LogP contribution in [0.1, 0.15) is 29.7 Å². The van der Waals surface area contributed by atoms with E-state index in [1.54, 1.807) is 0 Å². The van der Waals surface area contributed by atoms with Gasteiger partial charge >= 0.3 is 0 Å². The number of aryl methyl sites for hydroxylation is 1. The van der Waals surface area contributed by atoms with Crippen molar-refractivity contribution in [2.45, 2.75) is 38.8 Å². The second-order valence-corrected chi connectivity index (χ2v) is 6.49. The Bertz CT molecular complexity index is 648. The van der Waals surface area contributed by atoms with Gasteiger partial charge in [0.05, 0.1) is 12.1 Å². The summed E-state index contributed by atoms with van der Waals surface area (Å²) in [5, 5.41) is 2.39. The maximum atomic E-state index is 12.5. The smallest absolute Gasteiger partial charge is 0.229 e. The highest BCUT2D eigenvalue weighted by molar-refractivity contribution is 7.13. The van der Waals surface area contributed by atoms with Gasteiger partial charge in [0.2, 0.25) is 5.91 Å². The molecule has 0 radical (unpaired) electrons. The van der Waals surface area contributed by atoms with Crippen molar-refractivity contribution in [3.8, 4) is 0 Å². The molecule has 21 heavy (non-hydrogen) atoms. The van der Waals surface area contributed by atoms with Crippen LogP contribution in [0.4, 0.5) is 5.13 Å². The van der Waals surface area contributed by atoms with E-state index in [4.69, 9.17) is 5.73 Å². The fourth-order valence-electron chi connectivity index (χ4n) is 2.47. The number of benzene rings is 1. The Morgan fingerprint density at radius 3 is 2.90 bits per heavy atom. The second-order valence-electron chi connectivity index (χ2n) is 5.60. The van der Waals surface area contributed by atoms with E-state index in [0.717, 1.165) is 18.5 Å². The van der Waals surface area contributed by atoms with Crippen molar-refractivity contribution in [1.29, 1.82) is 0 Å². The number of nitrogen functional groups attached to an aromatic ring is 1. The lowest BCUT2D eigenvalue weighted by Crippen LogP contribution is -2.33. The third kappa shape index (κ3) is 3.61. The van der Waals surface area contributed by atoms with Gasteiger partial charge in [0.15, 0.2) is 5.13 Å². The SMILES string of the molecule is Cc1cccc(CN(C(=O)Cc2csc(N)n2)C2CC2)c1. The summed E-state index contributed by atoms with van der Waals surface area (Å²) in [4.78, 5) is 18.7. The quantitative estimate of drug-likeness (QED) is 0.924. The molecule has 0 saturated heterocycles.